The molecular formula is C7H11N3O5S. The molecule has 0 amide bonds. The quantitative estimate of drug-likeness (QED) is 0.702. The lowest BCUT2D eigenvalue weighted by Gasteiger charge is -2.12. The number of aromatic amines is 1. The molecule has 0 unspecified atom stereocenters. The van der Waals surface area contributed by atoms with Crippen LogP contribution in [-0.4, -0.2) is 48.3 Å². The van der Waals surface area contributed by atoms with Crippen LogP contribution < -0.4 is 0 Å². The van der Waals surface area contributed by atoms with Gasteiger partial charge in [-0.2, -0.15) is 5.10 Å². The lowest BCUT2D eigenvalue weighted by atomic mass is 10.3. The third kappa shape index (κ3) is 1.92. The summed E-state index contributed by atoms with van der Waals surface area (Å²) < 4.78 is 24.1. The molecule has 0 spiro atoms. The molecule has 9 heteroatoms. The average Bonchev–Trinajstić information content (AvgIpc) is 2.59. The number of hydroxylamine groups is 1. The summed E-state index contributed by atoms with van der Waals surface area (Å²) in [5.41, 5.74) is -0.223. The summed E-state index contributed by atoms with van der Waals surface area (Å²) in [4.78, 5) is 15.4. The smallest absolute Gasteiger partial charge is 0.340 e. The zero-order valence-electron chi connectivity index (χ0n) is 8.88. The Hall–Kier alpha value is -1.45. The monoisotopic (exact) mass is 249 g/mol. The van der Waals surface area contributed by atoms with E-state index in [0.29, 0.717) is 4.47 Å². The SMILES string of the molecule is CON(C)S(=O)(=O)c1n[nH]c(C)c1C(=O)O. The second-order valence-electron chi connectivity index (χ2n) is 2.93. The van der Waals surface area contributed by atoms with Gasteiger partial charge >= 0.3 is 5.97 Å². The second kappa shape index (κ2) is 4.20. The van der Waals surface area contributed by atoms with E-state index in [9.17, 15) is 13.2 Å². The molecule has 2 N–H and O–H groups in total. The number of aromatic nitrogens is 2. The van der Waals surface area contributed by atoms with Gasteiger partial charge in [-0.25, -0.2) is 13.2 Å². The first kappa shape index (κ1) is 12.6. The summed E-state index contributed by atoms with van der Waals surface area (Å²) >= 11 is 0. The van der Waals surface area contributed by atoms with Crippen molar-refractivity contribution in [2.45, 2.75) is 11.9 Å². The standard InChI is InChI=1S/C7H11N3O5S/c1-4-5(7(11)12)6(9-8-4)16(13,14)10(2)15-3/h1-3H3,(H,8,9)(H,11,12). The zero-order valence-corrected chi connectivity index (χ0v) is 9.70. The van der Waals surface area contributed by atoms with Crippen LogP contribution in [0.15, 0.2) is 5.03 Å². The fourth-order valence-electron chi connectivity index (χ4n) is 1.07. The van der Waals surface area contributed by atoms with Gasteiger partial charge in [-0.15, -0.1) is 0 Å². The van der Waals surface area contributed by atoms with Crippen LogP contribution in [0.4, 0.5) is 0 Å². The van der Waals surface area contributed by atoms with E-state index in [-0.39, 0.29) is 11.3 Å². The number of hydrogen-bond acceptors (Lipinski definition) is 5. The lowest BCUT2D eigenvalue weighted by Crippen LogP contribution is -2.27. The molecule has 0 aromatic carbocycles. The highest BCUT2D eigenvalue weighted by Crippen LogP contribution is 2.19. The molecule has 0 bridgehead atoms. The number of nitrogens with one attached hydrogen (secondary N) is 1. The fraction of sp³-hybridized carbons (Fsp3) is 0.429. The van der Waals surface area contributed by atoms with Gasteiger partial charge in [-0.05, 0) is 6.92 Å². The predicted molar refractivity (Wildman–Crippen MR) is 52.2 cm³/mol. The Kier molecular flexibility index (Phi) is 3.31. The van der Waals surface area contributed by atoms with Gasteiger partial charge in [-0.3, -0.25) is 9.94 Å². The van der Waals surface area contributed by atoms with Crippen molar-refractivity contribution in [3.8, 4) is 0 Å². The summed E-state index contributed by atoms with van der Waals surface area (Å²) in [7, 11) is -1.76. The van der Waals surface area contributed by atoms with Gasteiger partial charge in [0.25, 0.3) is 10.0 Å². The number of H-pyrrole nitrogens is 1. The summed E-state index contributed by atoms with van der Waals surface area (Å²) in [6.45, 7) is 1.42. The van der Waals surface area contributed by atoms with E-state index in [1.807, 2.05) is 0 Å². The largest absolute Gasteiger partial charge is 0.478 e. The summed E-state index contributed by atoms with van der Waals surface area (Å²) in [5, 5.41) is 14.1. The van der Waals surface area contributed by atoms with Crippen molar-refractivity contribution in [3.63, 3.8) is 0 Å². The van der Waals surface area contributed by atoms with Crippen LogP contribution in [0.3, 0.4) is 0 Å². The van der Waals surface area contributed by atoms with Crippen molar-refractivity contribution in [3.05, 3.63) is 11.3 Å². The van der Waals surface area contributed by atoms with Gasteiger partial charge in [0.1, 0.15) is 5.56 Å². The molecule has 0 atom stereocenters. The maximum absolute atomic E-state index is 11.8. The molecule has 16 heavy (non-hydrogen) atoms. The Balaban J connectivity index is 3.40. The lowest BCUT2D eigenvalue weighted by molar-refractivity contribution is -0.0261. The van der Waals surface area contributed by atoms with Gasteiger partial charge in [-0.1, -0.05) is 4.47 Å². The fourth-order valence-corrected chi connectivity index (χ4v) is 2.16. The number of nitrogens with zero attached hydrogens (tertiary/aromatic N) is 2. The van der Waals surface area contributed by atoms with Crippen LogP contribution in [0.25, 0.3) is 0 Å². The van der Waals surface area contributed by atoms with Crippen LogP contribution in [0, 0.1) is 6.92 Å². The van der Waals surface area contributed by atoms with Crippen molar-refractivity contribution in [1.29, 1.82) is 0 Å². The topological polar surface area (TPSA) is 113 Å². The number of sulfonamides is 1. The minimum absolute atomic E-state index is 0.163. The highest BCUT2D eigenvalue weighted by Gasteiger charge is 2.31. The number of carboxylic acid groups (broad SMARTS) is 1. The minimum Gasteiger partial charge on any atom is -0.478 e. The molecular weight excluding hydrogens is 238 g/mol. The maximum Gasteiger partial charge on any atom is 0.340 e. The van der Waals surface area contributed by atoms with E-state index in [2.05, 4.69) is 15.0 Å². The van der Waals surface area contributed by atoms with Crippen molar-refractivity contribution >= 4 is 16.0 Å². The van der Waals surface area contributed by atoms with E-state index in [1.54, 1.807) is 0 Å². The van der Waals surface area contributed by atoms with Crippen LogP contribution in [0.5, 0.6) is 0 Å². The summed E-state index contributed by atoms with van der Waals surface area (Å²) in [6, 6.07) is 0. The summed E-state index contributed by atoms with van der Waals surface area (Å²) in [5.74, 6) is -1.37. The van der Waals surface area contributed by atoms with Crippen LogP contribution in [0.1, 0.15) is 16.1 Å². The number of hydrogen-bond donors (Lipinski definition) is 2. The number of carbonyl (C=O) groups is 1. The molecule has 0 radical (unpaired) electrons. The molecule has 0 saturated carbocycles. The highest BCUT2D eigenvalue weighted by atomic mass is 32.2. The van der Waals surface area contributed by atoms with E-state index >= 15 is 0 Å². The molecule has 0 aliphatic carbocycles. The maximum atomic E-state index is 11.8. The number of aryl methyl sites for hydroxylation is 1. The van der Waals surface area contributed by atoms with Gasteiger partial charge in [0.05, 0.1) is 7.11 Å². The molecule has 0 aliphatic heterocycles. The Labute approximate surface area is 91.8 Å². The molecule has 1 aromatic heterocycles. The first-order valence-electron chi connectivity index (χ1n) is 4.13. The number of carboxylic acids is 1. The summed E-state index contributed by atoms with van der Waals surface area (Å²) in [6.07, 6.45) is 0. The Bertz CT molecular complexity index is 506. The van der Waals surface area contributed by atoms with Crippen molar-refractivity contribution in [2.75, 3.05) is 14.2 Å². The molecule has 1 aromatic rings. The number of rotatable bonds is 4. The zero-order chi connectivity index (χ0) is 12.5. The number of aromatic carboxylic acids is 1. The van der Waals surface area contributed by atoms with E-state index in [0.717, 1.165) is 14.2 Å². The van der Waals surface area contributed by atoms with Gasteiger partial charge in [0, 0.05) is 12.7 Å². The van der Waals surface area contributed by atoms with E-state index in [1.165, 1.54) is 6.92 Å². The molecule has 0 saturated heterocycles. The van der Waals surface area contributed by atoms with Gasteiger partial charge in [0.2, 0.25) is 5.03 Å². The molecule has 1 rings (SSSR count). The second-order valence-corrected chi connectivity index (χ2v) is 4.78. The van der Waals surface area contributed by atoms with Crippen molar-refractivity contribution in [2.24, 2.45) is 0 Å². The Morgan fingerprint density at radius 3 is 2.56 bits per heavy atom. The van der Waals surface area contributed by atoms with Gasteiger partial charge in [0.15, 0.2) is 0 Å². The van der Waals surface area contributed by atoms with Crippen molar-refractivity contribution < 1.29 is 23.2 Å². The first-order valence-corrected chi connectivity index (χ1v) is 5.57. The molecule has 1 heterocycles. The third-order valence-corrected chi connectivity index (χ3v) is 3.58. The van der Waals surface area contributed by atoms with Gasteiger partial charge < -0.3 is 5.11 Å². The first-order chi connectivity index (χ1) is 7.32. The third-order valence-electron chi connectivity index (χ3n) is 1.97. The van der Waals surface area contributed by atoms with Crippen LogP contribution in [-0.2, 0) is 14.9 Å². The molecule has 0 aliphatic rings. The van der Waals surface area contributed by atoms with Crippen LogP contribution >= 0.6 is 0 Å². The van der Waals surface area contributed by atoms with E-state index < -0.39 is 21.0 Å². The molecule has 90 valence electrons. The normalized spacial score (nSPS) is 12.0. The predicted octanol–water partition coefficient (Wildman–Crippen LogP) is -0.402. The molecule has 0 fully saturated rings. The Morgan fingerprint density at radius 1 is 1.56 bits per heavy atom. The average molecular weight is 249 g/mol. The molecule has 8 nitrogen and oxygen atoms in total. The van der Waals surface area contributed by atoms with Crippen LogP contribution in [0.2, 0.25) is 0 Å². The van der Waals surface area contributed by atoms with E-state index in [4.69, 9.17) is 5.11 Å². The minimum atomic E-state index is -4.06. The highest BCUT2D eigenvalue weighted by molar-refractivity contribution is 7.89. The Morgan fingerprint density at radius 2 is 2.12 bits per heavy atom. The van der Waals surface area contributed by atoms with Crippen molar-refractivity contribution in [1.82, 2.24) is 14.7 Å².